The Balaban J connectivity index is 1.75. The normalized spacial score (nSPS) is 14.5. The molecule has 3 heterocycles. The Labute approximate surface area is 199 Å². The number of hydrogen-bond donors (Lipinski definition) is 1. The lowest BCUT2D eigenvalue weighted by Crippen LogP contribution is -2.41. The largest absolute Gasteiger partial charge is 0.355 e. The average molecular weight is 478 g/mol. The highest BCUT2D eigenvalue weighted by Crippen LogP contribution is 2.30. The molecule has 0 unspecified atom stereocenters. The van der Waals surface area contributed by atoms with Crippen LogP contribution in [0.15, 0.2) is 47.4 Å². The van der Waals surface area contributed by atoms with Crippen molar-refractivity contribution in [2.45, 2.75) is 18.9 Å². The Morgan fingerprint density at radius 3 is 2.68 bits per heavy atom. The van der Waals surface area contributed by atoms with Crippen LogP contribution in [0.3, 0.4) is 0 Å². The molecule has 0 saturated carbocycles. The molecule has 0 aliphatic carbocycles. The van der Waals surface area contributed by atoms with Crippen LogP contribution in [0.5, 0.6) is 0 Å². The number of aromatic nitrogens is 4. The summed E-state index contributed by atoms with van der Waals surface area (Å²) in [6.45, 7) is 1.22. The first-order valence-corrected chi connectivity index (χ1v) is 11.2. The van der Waals surface area contributed by atoms with Crippen LogP contribution in [0.1, 0.15) is 18.4 Å². The molecule has 8 nitrogen and oxygen atoms in total. The highest BCUT2D eigenvalue weighted by Gasteiger charge is 2.25. The predicted molar refractivity (Wildman–Crippen MR) is 129 cm³/mol. The maximum atomic E-state index is 14.6. The molecule has 2 aromatic carbocycles. The molecule has 1 fully saturated rings. The standard InChI is InChI=1S/C24H21ClFN7O/c1-31-20-5-4-18(10-16(20)13-29-31)33-22(14-2-3-15(12-27)19(26)11-14)30-23(21(25)24(33)34)32-8-6-17(28)7-9-32/h2-5,10-11,13,17H,6-9,28H2,1H3. The molecule has 5 rings (SSSR count). The van der Waals surface area contributed by atoms with Gasteiger partial charge >= 0.3 is 0 Å². The number of anilines is 1. The zero-order valence-corrected chi connectivity index (χ0v) is 19.1. The zero-order valence-electron chi connectivity index (χ0n) is 18.4. The van der Waals surface area contributed by atoms with Crippen LogP contribution in [0, 0.1) is 17.1 Å². The van der Waals surface area contributed by atoms with Crippen molar-refractivity contribution < 1.29 is 4.39 Å². The molecule has 1 aliphatic heterocycles. The summed E-state index contributed by atoms with van der Waals surface area (Å²) in [6, 6.07) is 11.5. The van der Waals surface area contributed by atoms with Crippen LogP contribution in [0.2, 0.25) is 5.02 Å². The maximum absolute atomic E-state index is 14.6. The van der Waals surface area contributed by atoms with Gasteiger partial charge in [0.25, 0.3) is 5.56 Å². The number of hydrogen-bond acceptors (Lipinski definition) is 6. The van der Waals surface area contributed by atoms with Gasteiger partial charge in [0.2, 0.25) is 0 Å². The first kappa shape index (κ1) is 22.1. The number of nitrogens with two attached hydrogens (primary N) is 1. The molecule has 2 aromatic heterocycles. The summed E-state index contributed by atoms with van der Waals surface area (Å²) in [5, 5.41) is 14.2. The summed E-state index contributed by atoms with van der Waals surface area (Å²) in [5.41, 5.74) is 7.24. The number of aryl methyl sites for hydroxylation is 1. The fourth-order valence-corrected chi connectivity index (χ4v) is 4.52. The third-order valence-corrected chi connectivity index (χ3v) is 6.52. The van der Waals surface area contributed by atoms with Gasteiger partial charge in [-0.05, 0) is 49.2 Å². The van der Waals surface area contributed by atoms with E-state index in [-0.39, 0.29) is 22.5 Å². The molecule has 1 aliphatic rings. The average Bonchev–Trinajstić information content (AvgIpc) is 3.21. The Morgan fingerprint density at radius 1 is 1.21 bits per heavy atom. The van der Waals surface area contributed by atoms with Crippen LogP contribution in [-0.4, -0.2) is 38.5 Å². The van der Waals surface area contributed by atoms with Crippen molar-refractivity contribution in [1.29, 1.82) is 5.26 Å². The van der Waals surface area contributed by atoms with Crippen LogP contribution in [-0.2, 0) is 7.05 Å². The Kier molecular flexibility index (Phi) is 5.55. The Hall–Kier alpha value is -3.74. The number of piperidine rings is 1. The first-order chi connectivity index (χ1) is 16.4. The number of benzene rings is 2. The number of halogens is 2. The van der Waals surface area contributed by atoms with Crippen molar-refractivity contribution >= 4 is 28.3 Å². The summed E-state index contributed by atoms with van der Waals surface area (Å²) in [4.78, 5) is 20.3. The second-order valence-corrected chi connectivity index (χ2v) is 8.73. The smallest absolute Gasteiger partial charge is 0.279 e. The second kappa shape index (κ2) is 8.56. The molecule has 0 atom stereocenters. The van der Waals surface area contributed by atoms with E-state index in [0.717, 1.165) is 23.7 Å². The van der Waals surface area contributed by atoms with Crippen LogP contribution >= 0.6 is 11.6 Å². The third kappa shape index (κ3) is 3.71. The second-order valence-electron chi connectivity index (χ2n) is 8.36. The molecule has 4 aromatic rings. The number of fused-ring (bicyclic) bond motifs is 1. The SMILES string of the molecule is Cn1ncc2cc(-n3c(-c4ccc(C#N)c(F)c4)nc(N4CCC(N)CC4)c(Cl)c3=O)ccc21. The molecular weight excluding hydrogens is 457 g/mol. The molecule has 34 heavy (non-hydrogen) atoms. The topological polar surface area (TPSA) is 106 Å². The molecule has 2 N–H and O–H groups in total. The Morgan fingerprint density at radius 2 is 1.97 bits per heavy atom. The van der Waals surface area contributed by atoms with Crippen LogP contribution in [0.25, 0.3) is 28.0 Å². The van der Waals surface area contributed by atoms with Gasteiger partial charge in [0.1, 0.15) is 22.7 Å². The van der Waals surface area contributed by atoms with E-state index in [1.165, 1.54) is 16.7 Å². The molecule has 0 amide bonds. The van der Waals surface area contributed by atoms with Gasteiger partial charge in [-0.3, -0.25) is 14.0 Å². The molecule has 0 spiro atoms. The van der Waals surface area contributed by atoms with Crippen molar-refractivity contribution in [2.75, 3.05) is 18.0 Å². The lowest BCUT2D eigenvalue weighted by molar-refractivity contribution is 0.498. The number of nitriles is 1. The van der Waals surface area contributed by atoms with E-state index in [9.17, 15) is 9.18 Å². The van der Waals surface area contributed by atoms with Gasteiger partial charge < -0.3 is 10.6 Å². The summed E-state index contributed by atoms with van der Waals surface area (Å²) >= 11 is 6.58. The summed E-state index contributed by atoms with van der Waals surface area (Å²) in [6.07, 6.45) is 3.20. The molecule has 172 valence electrons. The highest BCUT2D eigenvalue weighted by molar-refractivity contribution is 6.32. The minimum atomic E-state index is -0.691. The van der Waals surface area contributed by atoms with Crippen molar-refractivity contribution in [1.82, 2.24) is 19.3 Å². The van der Waals surface area contributed by atoms with E-state index < -0.39 is 11.4 Å². The monoisotopic (exact) mass is 477 g/mol. The lowest BCUT2D eigenvalue weighted by atomic mass is 10.1. The third-order valence-electron chi connectivity index (χ3n) is 6.19. The van der Waals surface area contributed by atoms with Crippen molar-refractivity contribution in [2.24, 2.45) is 12.8 Å². The Bertz CT molecular complexity index is 1510. The van der Waals surface area contributed by atoms with Crippen LogP contribution < -0.4 is 16.2 Å². The van der Waals surface area contributed by atoms with E-state index in [1.54, 1.807) is 23.0 Å². The van der Waals surface area contributed by atoms with Gasteiger partial charge in [-0.15, -0.1) is 0 Å². The summed E-state index contributed by atoms with van der Waals surface area (Å²) in [7, 11) is 1.83. The molecule has 1 saturated heterocycles. The van der Waals surface area contributed by atoms with Gasteiger partial charge in [-0.2, -0.15) is 10.4 Å². The zero-order chi connectivity index (χ0) is 24.0. The van der Waals surface area contributed by atoms with Crippen molar-refractivity contribution in [3.05, 3.63) is 69.4 Å². The number of rotatable bonds is 3. The van der Waals surface area contributed by atoms with Crippen molar-refractivity contribution in [3.63, 3.8) is 0 Å². The minimum Gasteiger partial charge on any atom is -0.355 e. The summed E-state index contributed by atoms with van der Waals surface area (Å²) < 4.78 is 17.7. The maximum Gasteiger partial charge on any atom is 0.279 e. The highest BCUT2D eigenvalue weighted by atomic mass is 35.5. The fourth-order valence-electron chi connectivity index (χ4n) is 4.28. The molecule has 10 heteroatoms. The van der Waals surface area contributed by atoms with E-state index in [4.69, 9.17) is 27.6 Å². The fraction of sp³-hybridized carbons (Fsp3) is 0.250. The van der Waals surface area contributed by atoms with Gasteiger partial charge in [0.15, 0.2) is 5.82 Å². The van der Waals surface area contributed by atoms with E-state index in [2.05, 4.69) is 5.10 Å². The van der Waals surface area contributed by atoms with Gasteiger partial charge in [0.05, 0.1) is 23.0 Å². The summed E-state index contributed by atoms with van der Waals surface area (Å²) in [5.74, 6) is -0.119. The number of nitrogens with zero attached hydrogens (tertiary/aromatic N) is 6. The van der Waals surface area contributed by atoms with Gasteiger partial charge in [-0.25, -0.2) is 9.37 Å². The van der Waals surface area contributed by atoms with Crippen molar-refractivity contribution in [3.8, 4) is 23.1 Å². The quantitative estimate of drug-likeness (QED) is 0.485. The molecular formula is C24H21ClFN7O. The molecule has 0 bridgehead atoms. The predicted octanol–water partition coefficient (Wildman–Crippen LogP) is 3.38. The van der Waals surface area contributed by atoms with E-state index >= 15 is 0 Å². The van der Waals surface area contributed by atoms with Gasteiger partial charge in [-0.1, -0.05) is 11.6 Å². The van der Waals surface area contributed by atoms with Gasteiger partial charge in [0, 0.05) is 37.1 Å². The van der Waals surface area contributed by atoms with E-state index in [1.807, 2.05) is 30.1 Å². The van der Waals surface area contributed by atoms with E-state index in [0.29, 0.717) is 30.2 Å². The lowest BCUT2D eigenvalue weighted by Gasteiger charge is -2.32. The van der Waals surface area contributed by atoms with Crippen LogP contribution in [0.4, 0.5) is 10.2 Å². The minimum absolute atomic E-state index is 0.0142. The first-order valence-electron chi connectivity index (χ1n) is 10.8. The molecule has 0 radical (unpaired) electrons.